The van der Waals surface area contributed by atoms with Gasteiger partial charge in [-0.2, -0.15) is 0 Å². The molecule has 0 unspecified atom stereocenters. The molecular weight excluding hydrogens is 278 g/mol. The lowest BCUT2D eigenvalue weighted by molar-refractivity contribution is 0.0834. The van der Waals surface area contributed by atoms with Crippen LogP contribution in [0.15, 0.2) is 29.2 Å². The second-order valence-electron chi connectivity index (χ2n) is 4.96. The number of sulfonamides is 1. The Bertz CT molecular complexity index is 494. The van der Waals surface area contributed by atoms with E-state index < -0.39 is 10.0 Å². The third-order valence-corrected chi connectivity index (χ3v) is 3.83. The molecule has 0 aromatic heterocycles. The van der Waals surface area contributed by atoms with E-state index in [1.165, 1.54) is 12.1 Å². The quantitative estimate of drug-likeness (QED) is 0.747. The molecule has 0 amide bonds. The van der Waals surface area contributed by atoms with E-state index in [0.29, 0.717) is 12.4 Å². The molecule has 114 valence electrons. The highest BCUT2D eigenvalue weighted by atomic mass is 32.2. The van der Waals surface area contributed by atoms with Crippen molar-refractivity contribution in [2.75, 3.05) is 13.2 Å². The lowest BCUT2D eigenvalue weighted by atomic mass is 10.3. The van der Waals surface area contributed by atoms with Crippen molar-refractivity contribution in [1.29, 1.82) is 0 Å². The van der Waals surface area contributed by atoms with Crippen molar-refractivity contribution in [2.24, 2.45) is 0 Å². The van der Waals surface area contributed by atoms with Gasteiger partial charge in [-0.1, -0.05) is 0 Å². The van der Waals surface area contributed by atoms with Crippen LogP contribution in [-0.4, -0.2) is 33.8 Å². The Morgan fingerprint density at radius 1 is 1.05 bits per heavy atom. The van der Waals surface area contributed by atoms with Crippen LogP contribution in [0, 0.1) is 0 Å². The minimum atomic E-state index is -3.49. The summed E-state index contributed by atoms with van der Waals surface area (Å²) in [7, 11) is -3.49. The summed E-state index contributed by atoms with van der Waals surface area (Å²) < 4.78 is 37.3. The molecule has 0 radical (unpaired) electrons. The molecular formula is C14H23NO4S. The van der Waals surface area contributed by atoms with Gasteiger partial charge < -0.3 is 9.47 Å². The van der Waals surface area contributed by atoms with Crippen LogP contribution in [0.3, 0.4) is 0 Å². The van der Waals surface area contributed by atoms with Gasteiger partial charge in [0.25, 0.3) is 0 Å². The minimum absolute atomic E-state index is 0.0590. The molecule has 0 spiro atoms. The summed E-state index contributed by atoms with van der Waals surface area (Å²) in [6, 6.07) is 6.37. The van der Waals surface area contributed by atoms with Gasteiger partial charge in [0, 0.05) is 6.54 Å². The molecule has 6 heteroatoms. The van der Waals surface area contributed by atoms with E-state index in [9.17, 15) is 8.42 Å². The van der Waals surface area contributed by atoms with Crippen LogP contribution in [0.4, 0.5) is 0 Å². The molecule has 1 aromatic rings. The molecule has 0 bridgehead atoms. The molecule has 0 aliphatic rings. The number of nitrogens with one attached hydrogen (secondary N) is 1. The third kappa shape index (κ3) is 5.90. The molecule has 0 aliphatic carbocycles. The fourth-order valence-corrected chi connectivity index (χ4v) is 2.54. The topological polar surface area (TPSA) is 64.6 Å². The molecule has 0 aliphatic heterocycles. The molecule has 0 saturated carbocycles. The molecule has 5 nitrogen and oxygen atoms in total. The summed E-state index contributed by atoms with van der Waals surface area (Å²) >= 11 is 0. The van der Waals surface area contributed by atoms with Crippen LogP contribution in [0.25, 0.3) is 0 Å². The van der Waals surface area contributed by atoms with Crippen molar-refractivity contribution in [2.45, 2.75) is 44.8 Å². The van der Waals surface area contributed by atoms with Crippen molar-refractivity contribution >= 4 is 10.0 Å². The Labute approximate surface area is 121 Å². The minimum Gasteiger partial charge on any atom is -0.491 e. The van der Waals surface area contributed by atoms with Gasteiger partial charge in [0.1, 0.15) is 5.75 Å². The van der Waals surface area contributed by atoms with Crippen LogP contribution in [0.2, 0.25) is 0 Å². The number of benzene rings is 1. The Hall–Kier alpha value is -1.11. The number of hydrogen-bond donors (Lipinski definition) is 1. The summed E-state index contributed by atoms with van der Waals surface area (Å²) in [6.45, 7) is 8.25. The second-order valence-corrected chi connectivity index (χ2v) is 6.72. The highest BCUT2D eigenvalue weighted by Crippen LogP contribution is 2.16. The predicted molar refractivity (Wildman–Crippen MR) is 78.5 cm³/mol. The van der Waals surface area contributed by atoms with Gasteiger partial charge in [0.05, 0.1) is 23.7 Å². The van der Waals surface area contributed by atoms with Gasteiger partial charge in [-0.3, -0.25) is 0 Å². The van der Waals surface area contributed by atoms with Crippen molar-refractivity contribution in [3.05, 3.63) is 24.3 Å². The van der Waals surface area contributed by atoms with E-state index in [4.69, 9.17) is 9.47 Å². The smallest absolute Gasteiger partial charge is 0.240 e. The molecule has 0 heterocycles. The molecule has 1 N–H and O–H groups in total. The first-order chi connectivity index (χ1) is 9.31. The van der Waals surface area contributed by atoms with Gasteiger partial charge in [0.15, 0.2) is 0 Å². The average molecular weight is 301 g/mol. The van der Waals surface area contributed by atoms with Gasteiger partial charge >= 0.3 is 0 Å². The number of hydrogen-bond acceptors (Lipinski definition) is 4. The second kappa shape index (κ2) is 7.61. The van der Waals surface area contributed by atoms with Crippen molar-refractivity contribution < 1.29 is 17.9 Å². The summed E-state index contributed by atoms with van der Waals surface area (Å²) in [5.74, 6) is 0.655. The zero-order chi connectivity index (χ0) is 15.2. The average Bonchev–Trinajstić information content (AvgIpc) is 2.34. The lowest BCUT2D eigenvalue weighted by Crippen LogP contribution is -2.28. The normalized spacial score (nSPS) is 12.1. The Balaban J connectivity index is 2.59. The maximum absolute atomic E-state index is 12.0. The number of ether oxygens (including phenoxy) is 2. The summed E-state index contributed by atoms with van der Waals surface area (Å²) in [4.78, 5) is 0.221. The summed E-state index contributed by atoms with van der Waals surface area (Å²) in [6.07, 6.45) is 0.149. The van der Waals surface area contributed by atoms with Crippen LogP contribution < -0.4 is 9.46 Å². The molecule has 20 heavy (non-hydrogen) atoms. The fraction of sp³-hybridized carbons (Fsp3) is 0.571. The Morgan fingerprint density at radius 3 is 2.15 bits per heavy atom. The molecule has 0 saturated heterocycles. The van der Waals surface area contributed by atoms with E-state index in [1.54, 1.807) is 12.1 Å². The standard InChI is InChI=1S/C14H23NO4S/c1-11(2)18-10-9-15-20(16,17)14-7-5-13(6-8-14)19-12(3)4/h5-8,11-12,15H,9-10H2,1-4H3. The van der Waals surface area contributed by atoms with Crippen LogP contribution >= 0.6 is 0 Å². The molecule has 0 atom stereocenters. The first-order valence-corrected chi connectivity index (χ1v) is 8.17. The van der Waals surface area contributed by atoms with Crippen molar-refractivity contribution in [1.82, 2.24) is 4.72 Å². The summed E-state index contributed by atoms with van der Waals surface area (Å²) in [5.41, 5.74) is 0. The highest BCUT2D eigenvalue weighted by Gasteiger charge is 2.13. The van der Waals surface area contributed by atoms with Crippen LogP contribution in [-0.2, 0) is 14.8 Å². The largest absolute Gasteiger partial charge is 0.491 e. The zero-order valence-electron chi connectivity index (χ0n) is 12.4. The maximum atomic E-state index is 12.0. The lowest BCUT2D eigenvalue weighted by Gasteiger charge is -2.11. The van der Waals surface area contributed by atoms with Gasteiger partial charge in [-0.25, -0.2) is 13.1 Å². The van der Waals surface area contributed by atoms with Crippen LogP contribution in [0.1, 0.15) is 27.7 Å². The van der Waals surface area contributed by atoms with Crippen molar-refractivity contribution in [3.63, 3.8) is 0 Å². The maximum Gasteiger partial charge on any atom is 0.240 e. The van der Waals surface area contributed by atoms with Gasteiger partial charge in [-0.15, -0.1) is 0 Å². The van der Waals surface area contributed by atoms with E-state index in [1.807, 2.05) is 27.7 Å². The van der Waals surface area contributed by atoms with E-state index in [2.05, 4.69) is 4.72 Å². The van der Waals surface area contributed by atoms with Gasteiger partial charge in [0.2, 0.25) is 10.0 Å². The van der Waals surface area contributed by atoms with Gasteiger partial charge in [-0.05, 0) is 52.0 Å². The molecule has 0 fully saturated rings. The molecule has 1 rings (SSSR count). The monoisotopic (exact) mass is 301 g/mol. The Kier molecular flexibility index (Phi) is 6.45. The first-order valence-electron chi connectivity index (χ1n) is 6.69. The fourth-order valence-electron chi connectivity index (χ4n) is 1.52. The predicted octanol–water partition coefficient (Wildman–Crippen LogP) is 2.18. The third-order valence-electron chi connectivity index (χ3n) is 2.35. The SMILES string of the molecule is CC(C)OCCNS(=O)(=O)c1ccc(OC(C)C)cc1. The van der Waals surface area contributed by atoms with E-state index >= 15 is 0 Å². The van der Waals surface area contributed by atoms with E-state index in [0.717, 1.165) is 0 Å². The number of rotatable bonds is 8. The molecule has 1 aromatic carbocycles. The Morgan fingerprint density at radius 2 is 1.65 bits per heavy atom. The van der Waals surface area contributed by atoms with E-state index in [-0.39, 0.29) is 23.6 Å². The first kappa shape index (κ1) is 16.9. The summed E-state index contributed by atoms with van der Waals surface area (Å²) in [5, 5.41) is 0. The van der Waals surface area contributed by atoms with Crippen LogP contribution in [0.5, 0.6) is 5.75 Å². The van der Waals surface area contributed by atoms with Crippen molar-refractivity contribution in [3.8, 4) is 5.75 Å². The highest BCUT2D eigenvalue weighted by molar-refractivity contribution is 7.89. The zero-order valence-corrected chi connectivity index (χ0v) is 13.2.